The lowest BCUT2D eigenvalue weighted by atomic mass is 9.83. The first kappa shape index (κ1) is 30.6. The zero-order valence-electron chi connectivity index (χ0n) is 22.5. The van der Waals surface area contributed by atoms with Crippen LogP contribution in [0.3, 0.4) is 0 Å². The van der Waals surface area contributed by atoms with Gasteiger partial charge in [-0.15, -0.1) is 11.8 Å². The smallest absolute Gasteiger partial charge is 0.0187 e. The molecular formula is C30H51NS. The van der Waals surface area contributed by atoms with Crippen LogP contribution < -0.4 is 5.73 Å². The van der Waals surface area contributed by atoms with Gasteiger partial charge in [-0.05, 0) is 61.5 Å². The van der Waals surface area contributed by atoms with Gasteiger partial charge in [-0.3, -0.25) is 0 Å². The molecule has 0 aromatic heterocycles. The molecule has 2 N–H and O–H groups in total. The van der Waals surface area contributed by atoms with E-state index in [1.54, 1.807) is 0 Å². The van der Waals surface area contributed by atoms with Crippen molar-refractivity contribution in [3.05, 3.63) is 70.3 Å². The topological polar surface area (TPSA) is 26.0 Å². The lowest BCUT2D eigenvalue weighted by molar-refractivity contribution is 0.292. The van der Waals surface area contributed by atoms with Gasteiger partial charge in [0.2, 0.25) is 0 Å². The van der Waals surface area contributed by atoms with Crippen molar-refractivity contribution in [3.8, 4) is 0 Å². The van der Waals surface area contributed by atoms with Gasteiger partial charge in [-0.25, -0.2) is 0 Å². The SMILES string of the molecule is C/C=C\CC/C=C\CC.CC.CC1C(SCC(C)(C)C(C)C)=C(N)CCc2ccccc21. The molecule has 1 aliphatic carbocycles. The van der Waals surface area contributed by atoms with E-state index in [9.17, 15) is 0 Å². The van der Waals surface area contributed by atoms with E-state index < -0.39 is 0 Å². The van der Waals surface area contributed by atoms with Crippen LogP contribution in [0.2, 0.25) is 0 Å². The molecule has 1 aromatic rings. The summed E-state index contributed by atoms with van der Waals surface area (Å²) in [6.07, 6.45) is 14.3. The molecule has 1 nitrogen and oxygen atoms in total. The van der Waals surface area contributed by atoms with Crippen molar-refractivity contribution in [3.63, 3.8) is 0 Å². The van der Waals surface area contributed by atoms with Crippen molar-refractivity contribution in [2.45, 2.75) is 100 Å². The molecule has 0 radical (unpaired) electrons. The molecule has 1 aromatic carbocycles. The fourth-order valence-corrected chi connectivity index (χ4v) is 4.81. The molecule has 2 rings (SSSR count). The highest BCUT2D eigenvalue weighted by atomic mass is 32.2. The standard InChI is InChI=1S/C19H29NS.C9H16.C2H6/c1-13(2)19(4,5)12-21-18-14(3)16-9-7-6-8-15(16)10-11-17(18)20;1-3-5-7-9-8-6-4-2;1-2/h6-9,13-14H,10-12,20H2,1-5H3;3,5-6,8H,4,7,9H2,1-2H3;1-2H3/b;5-3-,8-6-;. The van der Waals surface area contributed by atoms with Gasteiger partial charge in [0.15, 0.2) is 0 Å². The van der Waals surface area contributed by atoms with E-state index >= 15 is 0 Å². The van der Waals surface area contributed by atoms with Crippen LogP contribution in [0.1, 0.15) is 105 Å². The van der Waals surface area contributed by atoms with Crippen molar-refractivity contribution < 1.29 is 0 Å². The van der Waals surface area contributed by atoms with Gasteiger partial charge in [-0.2, -0.15) is 0 Å². The third-order valence-corrected chi connectivity index (χ3v) is 8.01. The molecule has 1 aliphatic rings. The number of rotatable bonds is 8. The predicted molar refractivity (Wildman–Crippen MR) is 150 cm³/mol. The van der Waals surface area contributed by atoms with Crippen molar-refractivity contribution in [1.29, 1.82) is 0 Å². The number of nitrogens with two attached hydrogens (primary N) is 1. The Labute approximate surface area is 205 Å². The maximum absolute atomic E-state index is 6.41. The maximum Gasteiger partial charge on any atom is 0.0187 e. The second-order valence-electron chi connectivity index (χ2n) is 9.27. The van der Waals surface area contributed by atoms with Crippen LogP contribution in [-0.4, -0.2) is 5.75 Å². The summed E-state index contributed by atoms with van der Waals surface area (Å²) in [4.78, 5) is 1.40. The molecule has 0 saturated heterocycles. The Morgan fingerprint density at radius 1 is 1.06 bits per heavy atom. The molecule has 2 heteroatoms. The van der Waals surface area contributed by atoms with E-state index in [0.717, 1.165) is 30.7 Å². The van der Waals surface area contributed by atoms with Crippen LogP contribution in [0, 0.1) is 11.3 Å². The van der Waals surface area contributed by atoms with Crippen molar-refractivity contribution >= 4 is 11.8 Å². The average molecular weight is 458 g/mol. The predicted octanol–water partition coefficient (Wildman–Crippen LogP) is 9.66. The number of aryl methyl sites for hydroxylation is 1. The van der Waals surface area contributed by atoms with Crippen LogP contribution >= 0.6 is 11.8 Å². The average Bonchev–Trinajstić information content (AvgIpc) is 2.90. The lowest BCUT2D eigenvalue weighted by Crippen LogP contribution is -2.22. The molecule has 0 bridgehead atoms. The summed E-state index contributed by atoms with van der Waals surface area (Å²) < 4.78 is 0. The first-order chi connectivity index (χ1) is 15.2. The number of benzene rings is 1. The van der Waals surface area contributed by atoms with Crippen molar-refractivity contribution in [1.82, 2.24) is 0 Å². The Morgan fingerprint density at radius 2 is 1.69 bits per heavy atom. The maximum atomic E-state index is 6.41. The molecule has 0 fully saturated rings. The van der Waals surface area contributed by atoms with Crippen LogP contribution in [0.4, 0.5) is 0 Å². The number of thioether (sulfide) groups is 1. The molecule has 0 heterocycles. The summed E-state index contributed by atoms with van der Waals surface area (Å²) in [6, 6.07) is 8.82. The fourth-order valence-electron chi connectivity index (χ4n) is 3.29. The van der Waals surface area contributed by atoms with Gasteiger partial charge in [0.25, 0.3) is 0 Å². The van der Waals surface area contributed by atoms with E-state index in [0.29, 0.717) is 17.3 Å². The quantitative estimate of drug-likeness (QED) is 0.310. The van der Waals surface area contributed by atoms with Crippen LogP contribution in [0.15, 0.2) is 59.2 Å². The normalized spacial score (nSPS) is 16.4. The van der Waals surface area contributed by atoms with E-state index in [-0.39, 0.29) is 0 Å². The van der Waals surface area contributed by atoms with Crippen molar-refractivity contribution in [2.75, 3.05) is 5.75 Å². The molecule has 1 atom stereocenters. The molecule has 0 spiro atoms. The molecule has 1 unspecified atom stereocenters. The highest BCUT2D eigenvalue weighted by Crippen LogP contribution is 2.42. The Balaban J connectivity index is 0.000000738. The Bertz CT molecular complexity index is 709. The van der Waals surface area contributed by atoms with Gasteiger partial charge < -0.3 is 5.73 Å². The second-order valence-corrected chi connectivity index (χ2v) is 10.3. The van der Waals surface area contributed by atoms with Gasteiger partial charge in [0, 0.05) is 22.3 Å². The molecule has 0 amide bonds. The Kier molecular flexibility index (Phi) is 16.4. The minimum absolute atomic E-state index is 0.337. The molecule has 0 aliphatic heterocycles. The Morgan fingerprint density at radius 3 is 2.28 bits per heavy atom. The lowest BCUT2D eigenvalue weighted by Gasteiger charge is -2.30. The second kappa shape index (κ2) is 17.1. The first-order valence-electron chi connectivity index (χ1n) is 12.7. The van der Waals surface area contributed by atoms with Gasteiger partial charge >= 0.3 is 0 Å². The third kappa shape index (κ3) is 10.9. The summed E-state index contributed by atoms with van der Waals surface area (Å²) >= 11 is 1.98. The number of hydrogen-bond acceptors (Lipinski definition) is 2. The number of hydrogen-bond donors (Lipinski definition) is 1. The monoisotopic (exact) mass is 457 g/mol. The minimum atomic E-state index is 0.337. The summed E-state index contributed by atoms with van der Waals surface area (Å²) in [5.41, 5.74) is 10.8. The summed E-state index contributed by atoms with van der Waals surface area (Å²) in [6.45, 7) is 19.9. The summed E-state index contributed by atoms with van der Waals surface area (Å²) in [5, 5.41) is 0. The van der Waals surface area contributed by atoms with Gasteiger partial charge in [-0.1, -0.05) is 104 Å². The zero-order chi connectivity index (χ0) is 24.6. The minimum Gasteiger partial charge on any atom is -0.401 e. The first-order valence-corrected chi connectivity index (χ1v) is 13.7. The zero-order valence-corrected chi connectivity index (χ0v) is 23.3. The molecular weight excluding hydrogens is 406 g/mol. The van der Waals surface area contributed by atoms with Crippen LogP contribution in [0.25, 0.3) is 0 Å². The van der Waals surface area contributed by atoms with Crippen LogP contribution in [-0.2, 0) is 6.42 Å². The van der Waals surface area contributed by atoms with Crippen molar-refractivity contribution in [2.24, 2.45) is 17.1 Å². The molecule has 0 saturated carbocycles. The number of fused-ring (bicyclic) bond motifs is 1. The fraction of sp³-hybridized carbons (Fsp3) is 0.600. The Hall–Kier alpha value is -1.41. The highest BCUT2D eigenvalue weighted by molar-refractivity contribution is 8.03. The summed E-state index contributed by atoms with van der Waals surface area (Å²) in [7, 11) is 0. The van der Waals surface area contributed by atoms with Crippen LogP contribution in [0.5, 0.6) is 0 Å². The molecule has 32 heavy (non-hydrogen) atoms. The van der Waals surface area contributed by atoms with E-state index in [2.05, 4.69) is 97.0 Å². The van der Waals surface area contributed by atoms with E-state index in [4.69, 9.17) is 5.73 Å². The summed E-state index contributed by atoms with van der Waals surface area (Å²) in [5.74, 6) is 2.24. The van der Waals surface area contributed by atoms with Gasteiger partial charge in [0.05, 0.1) is 0 Å². The van der Waals surface area contributed by atoms with E-state index in [1.807, 2.05) is 25.6 Å². The largest absolute Gasteiger partial charge is 0.401 e. The molecule has 182 valence electrons. The number of unbranched alkanes of at least 4 members (excludes halogenated alkanes) is 1. The third-order valence-electron chi connectivity index (χ3n) is 6.20. The highest BCUT2D eigenvalue weighted by Gasteiger charge is 2.27. The van der Waals surface area contributed by atoms with Gasteiger partial charge in [0.1, 0.15) is 0 Å². The van der Waals surface area contributed by atoms with E-state index in [1.165, 1.54) is 28.9 Å². The number of allylic oxidation sites excluding steroid dienone is 6.